The molecule has 4 nitrogen and oxygen atoms in total. The third-order valence-corrected chi connectivity index (χ3v) is 6.05. The summed E-state index contributed by atoms with van der Waals surface area (Å²) in [6, 6.07) is 6.78. The van der Waals surface area contributed by atoms with Crippen LogP contribution in [0.25, 0.3) is 0 Å². The number of carbonyl (C=O) groups excluding carboxylic acids is 1. The van der Waals surface area contributed by atoms with Crippen LogP contribution in [0, 0.1) is 0 Å². The zero-order valence-electron chi connectivity index (χ0n) is 11.8. The van der Waals surface area contributed by atoms with E-state index in [0.29, 0.717) is 18.5 Å². The van der Waals surface area contributed by atoms with Crippen molar-refractivity contribution in [2.45, 2.75) is 48.7 Å². The lowest BCUT2D eigenvalue weighted by atomic mass is 9.99. The van der Waals surface area contributed by atoms with Crippen LogP contribution in [0.4, 0.5) is 5.69 Å². The molecule has 1 atom stereocenters. The number of hydrogen-bond donors (Lipinski definition) is 1. The van der Waals surface area contributed by atoms with E-state index < -0.39 is 15.1 Å². The Balaban J connectivity index is 2.39. The minimum absolute atomic E-state index is 0.129. The fraction of sp³-hybridized carbons (Fsp3) is 0.533. The summed E-state index contributed by atoms with van der Waals surface area (Å²) in [5.74, 6) is -0.129. The van der Waals surface area contributed by atoms with E-state index in [0.717, 1.165) is 25.7 Å². The molecule has 1 aliphatic carbocycles. The molecule has 1 aromatic rings. The number of benzene rings is 1. The van der Waals surface area contributed by atoms with Gasteiger partial charge in [0.05, 0.1) is 10.6 Å². The summed E-state index contributed by atoms with van der Waals surface area (Å²) in [5.41, 5.74) is 0.558. The normalized spacial score (nSPS) is 21.1. The highest BCUT2D eigenvalue weighted by molar-refractivity contribution is 7.93. The number of anilines is 1. The molecule has 5 heteroatoms. The molecule has 1 unspecified atom stereocenters. The molecule has 1 fully saturated rings. The molecule has 0 bridgehead atoms. The van der Waals surface area contributed by atoms with Crippen LogP contribution in [-0.4, -0.2) is 26.5 Å². The molecular weight excluding hydrogens is 274 g/mol. The summed E-state index contributed by atoms with van der Waals surface area (Å²) in [5, 5.41) is 2.02. The summed E-state index contributed by atoms with van der Waals surface area (Å²) in [7, 11) is -1.92. The van der Waals surface area contributed by atoms with E-state index in [1.807, 2.05) is 0 Å². The molecule has 1 aromatic carbocycles. The predicted octanol–water partition coefficient (Wildman–Crippen LogP) is 2.79. The van der Waals surface area contributed by atoms with E-state index in [-0.39, 0.29) is 10.7 Å². The SMILES string of the molecule is CNc1ccccc1S(=O)(=O)C1CCCCCCC1=O. The van der Waals surface area contributed by atoms with Crippen LogP contribution in [0.3, 0.4) is 0 Å². The molecule has 0 radical (unpaired) electrons. The zero-order chi connectivity index (χ0) is 14.6. The number of Topliss-reactive ketones (excluding diaryl/α,β-unsaturated/α-hetero) is 1. The number of nitrogens with one attached hydrogen (secondary N) is 1. The topological polar surface area (TPSA) is 63.2 Å². The lowest BCUT2D eigenvalue weighted by Gasteiger charge is -2.20. The van der Waals surface area contributed by atoms with E-state index in [1.165, 1.54) is 0 Å². The second-order valence-electron chi connectivity index (χ2n) is 5.20. The van der Waals surface area contributed by atoms with Crippen molar-refractivity contribution in [3.05, 3.63) is 24.3 Å². The highest BCUT2D eigenvalue weighted by Gasteiger charge is 2.34. The van der Waals surface area contributed by atoms with Crippen molar-refractivity contribution in [2.75, 3.05) is 12.4 Å². The Morgan fingerprint density at radius 2 is 1.80 bits per heavy atom. The molecule has 2 rings (SSSR count). The first-order chi connectivity index (χ1) is 9.57. The van der Waals surface area contributed by atoms with Crippen LogP contribution in [0.15, 0.2) is 29.2 Å². The Kier molecular flexibility index (Phi) is 4.81. The number of hydrogen-bond acceptors (Lipinski definition) is 4. The fourth-order valence-electron chi connectivity index (χ4n) is 2.71. The van der Waals surface area contributed by atoms with Gasteiger partial charge in [0, 0.05) is 13.5 Å². The van der Waals surface area contributed by atoms with Crippen LogP contribution in [0.2, 0.25) is 0 Å². The van der Waals surface area contributed by atoms with Crippen molar-refractivity contribution < 1.29 is 13.2 Å². The van der Waals surface area contributed by atoms with Gasteiger partial charge in [0.25, 0.3) is 0 Å². The van der Waals surface area contributed by atoms with Gasteiger partial charge in [-0.15, -0.1) is 0 Å². The summed E-state index contributed by atoms with van der Waals surface area (Å²) in [6.07, 6.45) is 4.46. The fourth-order valence-corrected chi connectivity index (χ4v) is 4.70. The van der Waals surface area contributed by atoms with E-state index in [1.54, 1.807) is 31.3 Å². The van der Waals surface area contributed by atoms with Crippen molar-refractivity contribution in [2.24, 2.45) is 0 Å². The lowest BCUT2D eigenvalue weighted by molar-refractivity contribution is -0.119. The number of carbonyl (C=O) groups is 1. The monoisotopic (exact) mass is 295 g/mol. The number of rotatable bonds is 3. The second-order valence-corrected chi connectivity index (χ2v) is 7.30. The molecule has 1 N–H and O–H groups in total. The summed E-state index contributed by atoms with van der Waals surface area (Å²) >= 11 is 0. The van der Waals surface area contributed by atoms with Crippen LogP contribution in [-0.2, 0) is 14.6 Å². The highest BCUT2D eigenvalue weighted by atomic mass is 32.2. The van der Waals surface area contributed by atoms with Gasteiger partial charge in [-0.25, -0.2) is 8.42 Å². The van der Waals surface area contributed by atoms with Crippen molar-refractivity contribution in [3.8, 4) is 0 Å². The molecule has 0 saturated heterocycles. The van der Waals surface area contributed by atoms with Gasteiger partial charge in [-0.2, -0.15) is 0 Å². The molecular formula is C15H21NO3S. The molecule has 0 heterocycles. The molecule has 110 valence electrons. The Labute approximate surface area is 120 Å². The third kappa shape index (κ3) is 3.03. The second kappa shape index (κ2) is 6.39. The molecule has 0 aromatic heterocycles. The molecule has 0 amide bonds. The van der Waals surface area contributed by atoms with E-state index in [9.17, 15) is 13.2 Å². The van der Waals surface area contributed by atoms with Crippen molar-refractivity contribution >= 4 is 21.3 Å². The largest absolute Gasteiger partial charge is 0.387 e. The van der Waals surface area contributed by atoms with Crippen LogP contribution >= 0.6 is 0 Å². The lowest BCUT2D eigenvalue weighted by Crippen LogP contribution is -2.31. The average Bonchev–Trinajstić information content (AvgIpc) is 2.42. The predicted molar refractivity (Wildman–Crippen MR) is 79.7 cm³/mol. The molecule has 0 aliphatic heterocycles. The summed E-state index contributed by atoms with van der Waals surface area (Å²) < 4.78 is 25.6. The van der Waals surface area contributed by atoms with Crippen LogP contribution in [0.5, 0.6) is 0 Å². The van der Waals surface area contributed by atoms with E-state index in [4.69, 9.17) is 0 Å². The number of sulfone groups is 1. The summed E-state index contributed by atoms with van der Waals surface area (Å²) in [4.78, 5) is 12.4. The summed E-state index contributed by atoms with van der Waals surface area (Å²) in [6.45, 7) is 0. The first-order valence-electron chi connectivity index (χ1n) is 7.11. The average molecular weight is 295 g/mol. The van der Waals surface area contributed by atoms with Gasteiger partial charge in [-0.05, 0) is 25.0 Å². The van der Waals surface area contributed by atoms with Crippen molar-refractivity contribution in [1.82, 2.24) is 0 Å². The first-order valence-corrected chi connectivity index (χ1v) is 8.65. The zero-order valence-corrected chi connectivity index (χ0v) is 12.6. The van der Waals surface area contributed by atoms with Crippen LogP contribution in [0.1, 0.15) is 38.5 Å². The quantitative estimate of drug-likeness (QED) is 0.931. The minimum Gasteiger partial charge on any atom is -0.387 e. The van der Waals surface area contributed by atoms with Gasteiger partial charge in [-0.1, -0.05) is 31.4 Å². The Morgan fingerprint density at radius 1 is 1.10 bits per heavy atom. The van der Waals surface area contributed by atoms with Gasteiger partial charge < -0.3 is 5.32 Å². The van der Waals surface area contributed by atoms with Gasteiger partial charge in [-0.3, -0.25) is 4.79 Å². The minimum atomic E-state index is -3.61. The molecule has 1 saturated carbocycles. The Morgan fingerprint density at radius 3 is 2.55 bits per heavy atom. The number of ketones is 1. The van der Waals surface area contributed by atoms with E-state index in [2.05, 4.69) is 5.32 Å². The van der Waals surface area contributed by atoms with Gasteiger partial charge in [0.15, 0.2) is 15.6 Å². The Bertz CT molecular complexity index is 581. The highest BCUT2D eigenvalue weighted by Crippen LogP contribution is 2.29. The van der Waals surface area contributed by atoms with Gasteiger partial charge in [0.2, 0.25) is 0 Å². The van der Waals surface area contributed by atoms with E-state index >= 15 is 0 Å². The van der Waals surface area contributed by atoms with Gasteiger partial charge in [0.1, 0.15) is 5.25 Å². The number of para-hydroxylation sites is 1. The Hall–Kier alpha value is -1.36. The third-order valence-electron chi connectivity index (χ3n) is 3.84. The standard InChI is InChI=1S/C15H21NO3S/c1-16-12-8-6-7-10-14(12)20(18,19)15-11-5-3-2-4-9-13(15)17/h6-8,10,15-16H,2-5,9,11H2,1H3. The van der Waals surface area contributed by atoms with Crippen molar-refractivity contribution in [1.29, 1.82) is 0 Å². The molecule has 0 spiro atoms. The first kappa shape index (κ1) is 15.0. The maximum Gasteiger partial charge on any atom is 0.190 e. The molecule has 1 aliphatic rings. The van der Waals surface area contributed by atoms with Crippen LogP contribution < -0.4 is 5.32 Å². The van der Waals surface area contributed by atoms with Gasteiger partial charge >= 0.3 is 0 Å². The molecule has 20 heavy (non-hydrogen) atoms. The van der Waals surface area contributed by atoms with Crippen molar-refractivity contribution in [3.63, 3.8) is 0 Å². The maximum atomic E-state index is 12.8. The smallest absolute Gasteiger partial charge is 0.190 e. The maximum absolute atomic E-state index is 12.8.